The second-order valence-electron chi connectivity index (χ2n) is 5.05. The fraction of sp³-hybridized carbons (Fsp3) is 0.692. The van der Waals surface area contributed by atoms with Crippen LogP contribution in [0.3, 0.4) is 0 Å². The number of aromatic nitrogens is 2. The van der Waals surface area contributed by atoms with Crippen molar-refractivity contribution in [2.45, 2.75) is 38.9 Å². The van der Waals surface area contributed by atoms with Gasteiger partial charge in [0.15, 0.2) is 0 Å². The minimum absolute atomic E-state index is 0.390. The topological polar surface area (TPSA) is 50.3 Å². The van der Waals surface area contributed by atoms with Crippen LogP contribution in [0.5, 0.6) is 0 Å². The first-order valence-electron chi connectivity index (χ1n) is 6.74. The van der Waals surface area contributed by atoms with E-state index < -0.39 is 0 Å². The zero-order valence-corrected chi connectivity index (χ0v) is 11.0. The van der Waals surface area contributed by atoms with E-state index in [0.29, 0.717) is 12.2 Å². The molecule has 5 heteroatoms. The monoisotopic (exact) mass is 248 g/mol. The maximum absolute atomic E-state index is 5.86. The molecule has 0 saturated carbocycles. The summed E-state index contributed by atoms with van der Waals surface area (Å²) in [7, 11) is 0. The normalized spacial score (nSPS) is 26.4. The lowest BCUT2D eigenvalue weighted by atomic mass is 10.2. The van der Waals surface area contributed by atoms with Crippen LogP contribution in [0.4, 0.5) is 11.6 Å². The Kier molecular flexibility index (Phi) is 3.07. The van der Waals surface area contributed by atoms with E-state index in [2.05, 4.69) is 27.1 Å². The van der Waals surface area contributed by atoms with Crippen molar-refractivity contribution >= 4 is 11.6 Å². The van der Waals surface area contributed by atoms with Crippen LogP contribution in [-0.2, 0) is 4.74 Å². The molecule has 1 aromatic rings. The molecular formula is C13H20N4O. The first kappa shape index (κ1) is 11.7. The molecule has 2 unspecified atom stereocenters. The summed E-state index contributed by atoms with van der Waals surface area (Å²) in [4.78, 5) is 11.3. The Bertz CT molecular complexity index is 425. The summed E-state index contributed by atoms with van der Waals surface area (Å²) >= 11 is 0. The van der Waals surface area contributed by atoms with E-state index in [1.165, 1.54) is 12.8 Å². The molecule has 2 aliphatic rings. The molecule has 0 spiro atoms. The Labute approximate surface area is 108 Å². The van der Waals surface area contributed by atoms with E-state index >= 15 is 0 Å². The smallest absolute Gasteiger partial charge is 0.134 e. The Morgan fingerprint density at radius 1 is 1.33 bits per heavy atom. The van der Waals surface area contributed by atoms with Gasteiger partial charge in [-0.15, -0.1) is 0 Å². The SMILES string of the molecule is CCNc1cc(N2CC3CCC(C2)O3)nc(C)n1. The molecule has 1 N–H and O–H groups in total. The Balaban J connectivity index is 1.82. The molecule has 0 aromatic carbocycles. The Morgan fingerprint density at radius 3 is 2.72 bits per heavy atom. The molecule has 0 aliphatic carbocycles. The molecule has 98 valence electrons. The Hall–Kier alpha value is -1.36. The van der Waals surface area contributed by atoms with Gasteiger partial charge >= 0.3 is 0 Å². The van der Waals surface area contributed by atoms with Gasteiger partial charge in [0.2, 0.25) is 0 Å². The fourth-order valence-electron chi connectivity index (χ4n) is 2.79. The average Bonchev–Trinajstić information content (AvgIpc) is 2.68. The van der Waals surface area contributed by atoms with Gasteiger partial charge in [-0.1, -0.05) is 0 Å². The lowest BCUT2D eigenvalue weighted by molar-refractivity contribution is 0.0302. The van der Waals surface area contributed by atoms with Crippen LogP contribution in [-0.4, -0.2) is 41.8 Å². The van der Waals surface area contributed by atoms with Gasteiger partial charge in [0.1, 0.15) is 17.5 Å². The van der Waals surface area contributed by atoms with Crippen molar-refractivity contribution in [1.29, 1.82) is 0 Å². The zero-order chi connectivity index (χ0) is 12.5. The molecule has 1 aromatic heterocycles. The van der Waals surface area contributed by atoms with Crippen molar-refractivity contribution in [1.82, 2.24) is 9.97 Å². The average molecular weight is 248 g/mol. The van der Waals surface area contributed by atoms with E-state index in [1.807, 2.05) is 13.0 Å². The number of nitrogens with one attached hydrogen (secondary N) is 1. The molecule has 2 aliphatic heterocycles. The molecule has 2 atom stereocenters. The number of ether oxygens (including phenoxy) is 1. The van der Waals surface area contributed by atoms with Gasteiger partial charge in [-0.05, 0) is 26.7 Å². The molecule has 2 fully saturated rings. The third kappa shape index (κ3) is 2.27. The summed E-state index contributed by atoms with van der Waals surface area (Å²) in [5, 5.41) is 3.26. The number of rotatable bonds is 3. The molecule has 3 heterocycles. The first-order valence-corrected chi connectivity index (χ1v) is 6.74. The number of nitrogens with zero attached hydrogens (tertiary/aromatic N) is 3. The lowest BCUT2D eigenvalue weighted by Crippen LogP contribution is -2.43. The van der Waals surface area contributed by atoms with Crippen LogP contribution >= 0.6 is 0 Å². The molecule has 5 nitrogen and oxygen atoms in total. The predicted octanol–water partition coefficient (Wildman–Crippen LogP) is 1.58. The van der Waals surface area contributed by atoms with Crippen LogP contribution < -0.4 is 10.2 Å². The second kappa shape index (κ2) is 4.72. The van der Waals surface area contributed by atoms with Crippen LogP contribution in [0.1, 0.15) is 25.6 Å². The Morgan fingerprint density at radius 2 is 2.06 bits per heavy atom. The molecule has 18 heavy (non-hydrogen) atoms. The van der Waals surface area contributed by atoms with Crippen LogP contribution in [0.15, 0.2) is 6.07 Å². The molecule has 0 radical (unpaired) electrons. The standard InChI is InChI=1S/C13H20N4O/c1-3-14-12-6-13(16-9(2)15-12)17-7-10-4-5-11(8-17)18-10/h6,10-11H,3-5,7-8H2,1-2H3,(H,14,15,16). The summed E-state index contributed by atoms with van der Waals surface area (Å²) in [6.07, 6.45) is 3.15. The van der Waals surface area contributed by atoms with Crippen molar-refractivity contribution in [3.8, 4) is 0 Å². The van der Waals surface area contributed by atoms with Crippen LogP contribution in [0.25, 0.3) is 0 Å². The summed E-state index contributed by atoms with van der Waals surface area (Å²) < 4.78 is 5.86. The quantitative estimate of drug-likeness (QED) is 0.880. The van der Waals surface area contributed by atoms with Gasteiger partial charge in [-0.2, -0.15) is 0 Å². The molecule has 2 saturated heterocycles. The number of fused-ring (bicyclic) bond motifs is 2. The van der Waals surface area contributed by atoms with Crippen molar-refractivity contribution < 1.29 is 4.74 Å². The van der Waals surface area contributed by atoms with Gasteiger partial charge in [-0.3, -0.25) is 0 Å². The van der Waals surface area contributed by atoms with Crippen molar-refractivity contribution in [2.75, 3.05) is 29.9 Å². The van der Waals surface area contributed by atoms with E-state index in [1.54, 1.807) is 0 Å². The third-order valence-electron chi connectivity index (χ3n) is 3.55. The highest BCUT2D eigenvalue weighted by Crippen LogP contribution is 2.29. The van der Waals surface area contributed by atoms with E-state index in [-0.39, 0.29) is 0 Å². The molecular weight excluding hydrogens is 228 g/mol. The minimum atomic E-state index is 0.390. The molecule has 0 amide bonds. The fourth-order valence-corrected chi connectivity index (χ4v) is 2.79. The third-order valence-corrected chi connectivity index (χ3v) is 3.55. The maximum atomic E-state index is 5.86. The van der Waals surface area contributed by atoms with Crippen molar-refractivity contribution in [2.24, 2.45) is 0 Å². The molecule has 3 rings (SSSR count). The zero-order valence-electron chi connectivity index (χ0n) is 11.0. The van der Waals surface area contributed by atoms with Gasteiger partial charge < -0.3 is 15.0 Å². The van der Waals surface area contributed by atoms with Crippen LogP contribution in [0, 0.1) is 6.92 Å². The van der Waals surface area contributed by atoms with E-state index in [0.717, 1.165) is 37.1 Å². The lowest BCUT2D eigenvalue weighted by Gasteiger charge is -2.33. The number of morpholine rings is 1. The summed E-state index contributed by atoms with van der Waals surface area (Å²) in [5.74, 6) is 2.76. The van der Waals surface area contributed by atoms with Gasteiger partial charge in [-0.25, -0.2) is 9.97 Å². The second-order valence-corrected chi connectivity index (χ2v) is 5.05. The van der Waals surface area contributed by atoms with Gasteiger partial charge in [0.05, 0.1) is 12.2 Å². The van der Waals surface area contributed by atoms with Crippen LogP contribution in [0.2, 0.25) is 0 Å². The first-order chi connectivity index (χ1) is 8.74. The van der Waals surface area contributed by atoms with Crippen molar-refractivity contribution in [3.63, 3.8) is 0 Å². The van der Waals surface area contributed by atoms with E-state index in [4.69, 9.17) is 4.74 Å². The summed E-state index contributed by atoms with van der Waals surface area (Å²) in [6, 6.07) is 2.04. The van der Waals surface area contributed by atoms with Crippen molar-refractivity contribution in [3.05, 3.63) is 11.9 Å². The maximum Gasteiger partial charge on any atom is 0.134 e. The number of aryl methyl sites for hydroxylation is 1. The van der Waals surface area contributed by atoms with E-state index in [9.17, 15) is 0 Å². The highest BCUT2D eigenvalue weighted by Gasteiger charge is 2.34. The van der Waals surface area contributed by atoms with Gasteiger partial charge in [0.25, 0.3) is 0 Å². The highest BCUT2D eigenvalue weighted by atomic mass is 16.5. The number of hydrogen-bond acceptors (Lipinski definition) is 5. The summed E-state index contributed by atoms with van der Waals surface area (Å²) in [6.45, 7) is 6.81. The predicted molar refractivity (Wildman–Crippen MR) is 71.0 cm³/mol. The molecule has 2 bridgehead atoms. The summed E-state index contributed by atoms with van der Waals surface area (Å²) in [5.41, 5.74) is 0. The number of hydrogen-bond donors (Lipinski definition) is 1. The number of anilines is 2. The minimum Gasteiger partial charge on any atom is -0.371 e. The largest absolute Gasteiger partial charge is 0.371 e. The highest BCUT2D eigenvalue weighted by molar-refractivity contribution is 5.50. The van der Waals surface area contributed by atoms with Gasteiger partial charge in [0, 0.05) is 25.7 Å².